The summed E-state index contributed by atoms with van der Waals surface area (Å²) in [5.41, 5.74) is 0.110. The molecule has 0 aromatic heterocycles. The molecule has 13 nitrogen and oxygen atoms in total. The van der Waals surface area contributed by atoms with Gasteiger partial charge in [0.25, 0.3) is 0 Å². The lowest BCUT2D eigenvalue weighted by atomic mass is 9.68. The monoisotopic (exact) mass is 653 g/mol. The number of fused-ring (bicyclic) bond motifs is 1. The van der Waals surface area contributed by atoms with Crippen LogP contribution in [0.1, 0.15) is 89.0 Å². The Labute approximate surface area is 274 Å². The van der Waals surface area contributed by atoms with Crippen molar-refractivity contribution in [1.82, 2.24) is 26.2 Å². The van der Waals surface area contributed by atoms with E-state index < -0.39 is 53.5 Å². The minimum absolute atomic E-state index is 0.0172. The van der Waals surface area contributed by atoms with Crippen LogP contribution in [0.15, 0.2) is 30.3 Å². The van der Waals surface area contributed by atoms with Crippen LogP contribution in [-0.2, 0) is 38.9 Å². The van der Waals surface area contributed by atoms with Crippen LogP contribution in [0.2, 0.25) is 0 Å². The highest BCUT2D eigenvalue weighted by Gasteiger charge is 2.46. The number of aliphatic carboxylic acids is 1. The summed E-state index contributed by atoms with van der Waals surface area (Å²) in [5.74, 6) is -3.32. The molecule has 0 unspecified atom stereocenters. The summed E-state index contributed by atoms with van der Waals surface area (Å²) in [7, 11) is 0. The second kappa shape index (κ2) is 15.7. The first kappa shape index (κ1) is 34.3. The third-order valence-electron chi connectivity index (χ3n) is 10.0. The molecule has 1 aliphatic carbocycles. The first-order valence-corrected chi connectivity index (χ1v) is 17.1. The van der Waals surface area contributed by atoms with Crippen molar-refractivity contribution in [2.45, 2.75) is 119 Å². The van der Waals surface area contributed by atoms with E-state index in [0.29, 0.717) is 45.3 Å². The highest BCUT2D eigenvalue weighted by Crippen LogP contribution is 2.40. The number of benzene rings is 1. The summed E-state index contributed by atoms with van der Waals surface area (Å²) in [6.45, 7) is 0.831. The molecule has 1 saturated carbocycles. The van der Waals surface area contributed by atoms with Gasteiger partial charge in [0.1, 0.15) is 24.2 Å². The largest absolute Gasteiger partial charge is 0.480 e. The molecule has 4 fully saturated rings. The molecule has 256 valence electrons. The van der Waals surface area contributed by atoms with Gasteiger partial charge in [-0.3, -0.25) is 24.0 Å². The fraction of sp³-hybridized carbons (Fsp3) is 0.647. The first-order valence-electron chi connectivity index (χ1n) is 17.1. The number of carboxylic acid groups (broad SMARTS) is 1. The van der Waals surface area contributed by atoms with Gasteiger partial charge >= 0.3 is 5.97 Å². The Hall–Kier alpha value is -4.00. The van der Waals surface area contributed by atoms with Crippen molar-refractivity contribution in [3.05, 3.63) is 35.9 Å². The van der Waals surface area contributed by atoms with Crippen molar-refractivity contribution < 1.29 is 38.6 Å². The van der Waals surface area contributed by atoms with E-state index in [9.17, 15) is 33.9 Å². The van der Waals surface area contributed by atoms with Gasteiger partial charge in [0, 0.05) is 32.2 Å². The lowest BCUT2D eigenvalue weighted by Gasteiger charge is -2.38. The Morgan fingerprint density at radius 2 is 1.68 bits per heavy atom. The Morgan fingerprint density at radius 1 is 0.915 bits per heavy atom. The SMILES string of the molecule is O=C1CC[C@@H](C(=O)O)NC(=O)[C@@H]2C[C@@H](NC(=O)[C@H]3CCCO3)CN2C(=O)[C@@H](NC(=O)C2(c3ccccc3)CCCCC2)CCCCN1. The minimum Gasteiger partial charge on any atom is -0.480 e. The summed E-state index contributed by atoms with van der Waals surface area (Å²) >= 11 is 0. The van der Waals surface area contributed by atoms with Crippen LogP contribution in [0.3, 0.4) is 0 Å². The van der Waals surface area contributed by atoms with E-state index in [-0.39, 0.29) is 49.9 Å². The molecule has 1 aromatic carbocycles. The summed E-state index contributed by atoms with van der Waals surface area (Å²) in [5, 5.41) is 21.1. The molecule has 0 bridgehead atoms. The van der Waals surface area contributed by atoms with Gasteiger partial charge in [-0.1, -0.05) is 49.6 Å². The van der Waals surface area contributed by atoms with Gasteiger partial charge in [-0.15, -0.1) is 0 Å². The van der Waals surface area contributed by atoms with Crippen LogP contribution in [0.4, 0.5) is 0 Å². The average molecular weight is 654 g/mol. The van der Waals surface area contributed by atoms with Crippen molar-refractivity contribution in [3.8, 4) is 0 Å². The van der Waals surface area contributed by atoms with Crippen molar-refractivity contribution in [3.63, 3.8) is 0 Å². The molecular weight excluding hydrogens is 606 g/mol. The van der Waals surface area contributed by atoms with Gasteiger partial charge < -0.3 is 36.0 Å². The molecule has 4 aliphatic rings. The molecule has 0 spiro atoms. The third kappa shape index (κ3) is 8.30. The zero-order valence-corrected chi connectivity index (χ0v) is 26.8. The van der Waals surface area contributed by atoms with E-state index in [1.807, 2.05) is 30.3 Å². The van der Waals surface area contributed by atoms with E-state index in [1.54, 1.807) is 0 Å². The Balaban J connectivity index is 1.42. The topological polar surface area (TPSA) is 183 Å². The highest BCUT2D eigenvalue weighted by molar-refractivity contribution is 5.96. The smallest absolute Gasteiger partial charge is 0.326 e. The minimum atomic E-state index is -1.34. The van der Waals surface area contributed by atoms with Gasteiger partial charge in [-0.25, -0.2) is 4.79 Å². The molecule has 3 saturated heterocycles. The predicted octanol–water partition coefficient (Wildman–Crippen LogP) is 1.29. The maximum Gasteiger partial charge on any atom is 0.326 e. The zero-order chi connectivity index (χ0) is 33.4. The van der Waals surface area contributed by atoms with Crippen molar-refractivity contribution in [2.24, 2.45) is 0 Å². The number of carboxylic acids is 1. The molecule has 5 amide bonds. The van der Waals surface area contributed by atoms with Gasteiger partial charge in [-0.2, -0.15) is 0 Å². The van der Waals surface area contributed by atoms with Gasteiger partial charge in [-0.05, 0) is 63.4 Å². The third-order valence-corrected chi connectivity index (χ3v) is 10.0. The molecule has 5 rings (SSSR count). The van der Waals surface area contributed by atoms with E-state index in [4.69, 9.17) is 4.74 Å². The van der Waals surface area contributed by atoms with Crippen molar-refractivity contribution in [1.29, 1.82) is 0 Å². The van der Waals surface area contributed by atoms with Crippen molar-refractivity contribution in [2.75, 3.05) is 19.7 Å². The van der Waals surface area contributed by atoms with E-state index in [1.165, 1.54) is 4.90 Å². The van der Waals surface area contributed by atoms with Crippen LogP contribution >= 0.6 is 0 Å². The Kier molecular flexibility index (Phi) is 11.5. The Bertz CT molecular complexity index is 1310. The fourth-order valence-electron chi connectivity index (χ4n) is 7.41. The first-order chi connectivity index (χ1) is 22.7. The maximum atomic E-state index is 14.4. The number of hydrogen-bond acceptors (Lipinski definition) is 7. The number of carbonyl (C=O) groups is 6. The van der Waals surface area contributed by atoms with Gasteiger partial charge in [0.2, 0.25) is 29.5 Å². The average Bonchev–Trinajstić information content (AvgIpc) is 3.77. The molecule has 3 heterocycles. The van der Waals surface area contributed by atoms with Crippen LogP contribution in [0, 0.1) is 0 Å². The molecule has 0 radical (unpaired) electrons. The number of nitrogens with zero attached hydrogens (tertiary/aromatic N) is 1. The number of ether oxygens (including phenoxy) is 1. The van der Waals surface area contributed by atoms with Crippen LogP contribution in [-0.4, -0.2) is 95.5 Å². The number of rotatable bonds is 6. The zero-order valence-electron chi connectivity index (χ0n) is 26.8. The Morgan fingerprint density at radius 3 is 2.38 bits per heavy atom. The highest BCUT2D eigenvalue weighted by atomic mass is 16.5. The lowest BCUT2D eigenvalue weighted by Crippen LogP contribution is -2.57. The summed E-state index contributed by atoms with van der Waals surface area (Å²) in [6.07, 6.45) is 6.02. The number of hydrogen-bond donors (Lipinski definition) is 5. The van der Waals surface area contributed by atoms with E-state index in [2.05, 4.69) is 21.3 Å². The van der Waals surface area contributed by atoms with Gasteiger partial charge in [0.05, 0.1) is 5.41 Å². The van der Waals surface area contributed by atoms with Gasteiger partial charge in [0.15, 0.2) is 0 Å². The maximum absolute atomic E-state index is 14.4. The molecule has 3 aliphatic heterocycles. The van der Waals surface area contributed by atoms with Crippen LogP contribution in [0.5, 0.6) is 0 Å². The quantitative estimate of drug-likeness (QED) is 0.304. The van der Waals surface area contributed by atoms with Crippen LogP contribution in [0.25, 0.3) is 0 Å². The second-order valence-electron chi connectivity index (χ2n) is 13.3. The number of carbonyl (C=O) groups excluding carboxylic acids is 5. The number of amides is 5. The summed E-state index contributed by atoms with van der Waals surface area (Å²) in [6, 6.07) is 5.64. The lowest BCUT2D eigenvalue weighted by molar-refractivity contribution is -0.145. The van der Waals surface area contributed by atoms with Crippen molar-refractivity contribution >= 4 is 35.5 Å². The molecule has 13 heteroatoms. The summed E-state index contributed by atoms with van der Waals surface area (Å²) < 4.78 is 5.52. The summed E-state index contributed by atoms with van der Waals surface area (Å²) in [4.78, 5) is 81.2. The van der Waals surface area contributed by atoms with E-state index in [0.717, 1.165) is 31.2 Å². The molecule has 5 N–H and O–H groups in total. The molecule has 47 heavy (non-hydrogen) atoms. The molecule has 5 atom stereocenters. The second-order valence-corrected chi connectivity index (χ2v) is 13.3. The molecule has 1 aromatic rings. The molecular formula is C34H47N5O8. The van der Waals surface area contributed by atoms with Crippen LogP contribution < -0.4 is 21.3 Å². The predicted molar refractivity (Wildman–Crippen MR) is 170 cm³/mol. The number of nitrogens with one attached hydrogen (secondary N) is 4. The standard InChI is InChI=1S/C34H47N5O8/c40-28-15-14-25(32(44)45)37-29(41)26-20-23(36-30(42)27-13-9-19-47-27)21-39(26)31(43)24(12-5-8-18-35-28)38-33(46)34(16-6-2-7-17-34)22-10-3-1-4-11-22/h1,3-4,10-11,23-27H,2,5-9,12-21H2,(H,35,40)(H,36,42)(H,37,41)(H,38,46)(H,44,45)/t23-,24+,25+,26+,27-/m1/s1. The van der Waals surface area contributed by atoms with E-state index >= 15 is 0 Å². The fourth-order valence-corrected chi connectivity index (χ4v) is 7.41. The normalized spacial score (nSPS) is 29.0.